The highest BCUT2D eigenvalue weighted by Crippen LogP contribution is 2.24. The number of non-ortho nitro benzene ring substituents is 1. The molecule has 112 valence electrons. The number of aliphatic hydroxyl groups excluding tert-OH is 1. The van der Waals surface area contributed by atoms with Crippen molar-refractivity contribution in [2.24, 2.45) is 9.98 Å². The molecule has 1 aliphatic rings. The van der Waals surface area contributed by atoms with Gasteiger partial charge in [-0.05, 0) is 42.7 Å². The van der Waals surface area contributed by atoms with E-state index in [2.05, 4.69) is 9.98 Å². The van der Waals surface area contributed by atoms with Crippen LogP contribution >= 0.6 is 0 Å². The molecule has 0 saturated heterocycles. The van der Waals surface area contributed by atoms with Gasteiger partial charge in [-0.25, -0.2) is 0 Å². The Morgan fingerprint density at radius 2 is 1.73 bits per heavy atom. The number of aliphatic hydroxyl groups is 1. The van der Waals surface area contributed by atoms with Crippen molar-refractivity contribution in [3.8, 4) is 0 Å². The molecule has 1 heterocycles. The van der Waals surface area contributed by atoms with Crippen LogP contribution in [0, 0.1) is 24.0 Å². The summed E-state index contributed by atoms with van der Waals surface area (Å²) in [5.41, 5.74) is 2.61. The third kappa shape index (κ3) is 2.48. The van der Waals surface area contributed by atoms with E-state index in [1.54, 1.807) is 12.1 Å². The summed E-state index contributed by atoms with van der Waals surface area (Å²) in [6, 6.07) is 9.81. The lowest BCUT2D eigenvalue weighted by Crippen LogP contribution is -2.22. The van der Waals surface area contributed by atoms with Gasteiger partial charge in [0.2, 0.25) is 0 Å². The molecule has 0 amide bonds. The standard InChI is InChI=1S/C16H15N3O3/c1-9-6-13-14(7-10(9)2)18-16(17-13)15(20)11-4-3-5-12(8-11)19(21)22/h3-8,15-16,20H,1-2H3. The fourth-order valence-corrected chi connectivity index (χ4v) is 2.44. The Balaban J connectivity index is 1.97. The molecule has 1 aliphatic heterocycles. The van der Waals surface area contributed by atoms with Crippen molar-refractivity contribution in [2.45, 2.75) is 26.1 Å². The van der Waals surface area contributed by atoms with Crippen molar-refractivity contribution in [3.63, 3.8) is 0 Å². The minimum atomic E-state index is -1.01. The van der Waals surface area contributed by atoms with Crippen LogP contribution in [0.25, 0.3) is 0 Å². The third-order valence-corrected chi connectivity index (χ3v) is 3.84. The SMILES string of the molecule is Cc1cc2c(cc1C)=NC(C(O)c1cccc([N+](=O)[O-])c1)N=2. The van der Waals surface area contributed by atoms with Crippen molar-refractivity contribution in [1.29, 1.82) is 0 Å². The van der Waals surface area contributed by atoms with Gasteiger partial charge in [-0.15, -0.1) is 0 Å². The van der Waals surface area contributed by atoms with Gasteiger partial charge in [0.25, 0.3) is 5.69 Å². The maximum Gasteiger partial charge on any atom is 0.269 e. The second kappa shape index (κ2) is 5.31. The first-order valence-electron chi connectivity index (χ1n) is 6.91. The second-order valence-corrected chi connectivity index (χ2v) is 5.39. The molecule has 6 nitrogen and oxygen atoms in total. The summed E-state index contributed by atoms with van der Waals surface area (Å²) in [6.45, 7) is 3.99. The molecule has 0 spiro atoms. The summed E-state index contributed by atoms with van der Waals surface area (Å²) >= 11 is 0. The van der Waals surface area contributed by atoms with Crippen LogP contribution in [-0.4, -0.2) is 16.2 Å². The summed E-state index contributed by atoms with van der Waals surface area (Å²) in [6.07, 6.45) is -1.67. The van der Waals surface area contributed by atoms with Crippen LogP contribution in [0.15, 0.2) is 46.4 Å². The van der Waals surface area contributed by atoms with E-state index in [4.69, 9.17) is 0 Å². The Bertz CT molecular complexity index is 836. The molecule has 0 saturated carbocycles. The molecule has 0 aromatic heterocycles. The van der Waals surface area contributed by atoms with Crippen LogP contribution in [-0.2, 0) is 0 Å². The molecule has 0 fully saturated rings. The summed E-state index contributed by atoms with van der Waals surface area (Å²) in [7, 11) is 0. The lowest BCUT2D eigenvalue weighted by molar-refractivity contribution is -0.385. The van der Waals surface area contributed by atoms with Crippen LogP contribution < -0.4 is 10.7 Å². The van der Waals surface area contributed by atoms with Crippen LogP contribution in [0.5, 0.6) is 0 Å². The molecular weight excluding hydrogens is 282 g/mol. The molecule has 1 N–H and O–H groups in total. The normalized spacial score (nSPS) is 14.9. The fourth-order valence-electron chi connectivity index (χ4n) is 2.44. The Morgan fingerprint density at radius 1 is 1.14 bits per heavy atom. The van der Waals surface area contributed by atoms with Crippen LogP contribution in [0.1, 0.15) is 22.8 Å². The van der Waals surface area contributed by atoms with E-state index in [1.807, 2.05) is 26.0 Å². The first-order valence-corrected chi connectivity index (χ1v) is 6.91. The minimum absolute atomic E-state index is 0.0567. The van der Waals surface area contributed by atoms with Gasteiger partial charge in [-0.2, -0.15) is 0 Å². The van der Waals surface area contributed by atoms with Crippen molar-refractivity contribution in [2.75, 3.05) is 0 Å². The number of fused-ring (bicyclic) bond motifs is 1. The highest BCUT2D eigenvalue weighted by Gasteiger charge is 2.23. The number of hydrogen-bond donors (Lipinski definition) is 1. The van der Waals surface area contributed by atoms with Crippen molar-refractivity contribution < 1.29 is 10.0 Å². The molecule has 0 radical (unpaired) electrons. The zero-order valence-corrected chi connectivity index (χ0v) is 12.2. The van der Waals surface area contributed by atoms with Gasteiger partial charge < -0.3 is 5.11 Å². The van der Waals surface area contributed by atoms with E-state index in [0.717, 1.165) is 21.8 Å². The lowest BCUT2D eigenvalue weighted by atomic mass is 10.1. The molecule has 0 aliphatic carbocycles. The maximum absolute atomic E-state index is 10.8. The molecule has 22 heavy (non-hydrogen) atoms. The van der Waals surface area contributed by atoms with Gasteiger partial charge in [0.15, 0.2) is 6.17 Å². The summed E-state index contributed by atoms with van der Waals surface area (Å²) in [5.74, 6) is 0. The van der Waals surface area contributed by atoms with Crippen LogP contribution in [0.3, 0.4) is 0 Å². The van der Waals surface area contributed by atoms with Gasteiger partial charge in [0, 0.05) is 12.1 Å². The Labute approximate surface area is 126 Å². The summed E-state index contributed by atoms with van der Waals surface area (Å²) < 4.78 is 0. The highest BCUT2D eigenvalue weighted by molar-refractivity contribution is 5.36. The first kappa shape index (κ1) is 14.3. The number of nitrogens with zero attached hydrogens (tertiary/aromatic N) is 3. The number of nitro groups is 1. The van der Waals surface area contributed by atoms with Gasteiger partial charge in [-0.3, -0.25) is 20.1 Å². The van der Waals surface area contributed by atoms with E-state index in [0.29, 0.717) is 5.56 Å². The van der Waals surface area contributed by atoms with Crippen molar-refractivity contribution in [3.05, 3.63) is 73.9 Å². The van der Waals surface area contributed by atoms with E-state index >= 15 is 0 Å². The third-order valence-electron chi connectivity index (χ3n) is 3.84. The number of hydrogen-bond acceptors (Lipinski definition) is 5. The Hall–Kier alpha value is -2.60. The van der Waals surface area contributed by atoms with E-state index in [-0.39, 0.29) is 5.69 Å². The topological polar surface area (TPSA) is 88.1 Å². The van der Waals surface area contributed by atoms with Crippen molar-refractivity contribution in [1.82, 2.24) is 0 Å². The molecule has 0 bridgehead atoms. The van der Waals surface area contributed by atoms with Gasteiger partial charge >= 0.3 is 0 Å². The molecule has 2 aromatic rings. The van der Waals surface area contributed by atoms with Gasteiger partial charge in [0.05, 0.1) is 15.6 Å². The lowest BCUT2D eigenvalue weighted by Gasteiger charge is -2.13. The highest BCUT2D eigenvalue weighted by atomic mass is 16.6. The Morgan fingerprint density at radius 3 is 2.27 bits per heavy atom. The molecule has 1 atom stereocenters. The van der Waals surface area contributed by atoms with Crippen LogP contribution in [0.2, 0.25) is 0 Å². The molecule has 2 aromatic carbocycles. The summed E-state index contributed by atoms with van der Waals surface area (Å²) in [5, 5.41) is 22.8. The first-order chi connectivity index (χ1) is 10.5. The average Bonchev–Trinajstić information content (AvgIpc) is 2.89. The van der Waals surface area contributed by atoms with Gasteiger partial charge in [-0.1, -0.05) is 12.1 Å². The van der Waals surface area contributed by atoms with Crippen molar-refractivity contribution >= 4 is 5.69 Å². The predicted molar refractivity (Wildman–Crippen MR) is 80.1 cm³/mol. The zero-order chi connectivity index (χ0) is 15.9. The largest absolute Gasteiger partial charge is 0.384 e. The quantitative estimate of drug-likeness (QED) is 0.688. The molecule has 1 unspecified atom stereocenters. The number of benzene rings is 2. The molecule has 6 heteroatoms. The van der Waals surface area contributed by atoms with E-state index in [1.165, 1.54) is 12.1 Å². The molecular formula is C16H15N3O3. The minimum Gasteiger partial charge on any atom is -0.384 e. The average molecular weight is 297 g/mol. The molecule has 3 rings (SSSR count). The van der Waals surface area contributed by atoms with E-state index in [9.17, 15) is 15.2 Å². The number of rotatable bonds is 3. The van der Waals surface area contributed by atoms with Crippen LogP contribution in [0.4, 0.5) is 5.69 Å². The second-order valence-electron chi connectivity index (χ2n) is 5.39. The fraction of sp³-hybridized carbons (Fsp3) is 0.250. The van der Waals surface area contributed by atoms with Gasteiger partial charge in [0.1, 0.15) is 6.10 Å². The monoisotopic (exact) mass is 297 g/mol. The Kier molecular flexibility index (Phi) is 3.46. The van der Waals surface area contributed by atoms with E-state index < -0.39 is 17.2 Å². The predicted octanol–water partition coefficient (Wildman–Crippen LogP) is 1.52. The number of aryl methyl sites for hydroxylation is 2. The maximum atomic E-state index is 10.8. The number of nitro benzene ring substituents is 1. The zero-order valence-electron chi connectivity index (χ0n) is 12.2. The summed E-state index contributed by atoms with van der Waals surface area (Å²) in [4.78, 5) is 19.2. The smallest absolute Gasteiger partial charge is 0.269 e.